The van der Waals surface area contributed by atoms with E-state index in [1.165, 1.54) is 6.42 Å². The highest BCUT2D eigenvalue weighted by Gasteiger charge is 2.25. The number of piperidine rings is 1. The van der Waals surface area contributed by atoms with Crippen LogP contribution in [0.15, 0.2) is 27.1 Å². The number of rotatable bonds is 3. The number of likely N-dealkylation sites (tertiary alicyclic amines) is 1. The third-order valence-electron chi connectivity index (χ3n) is 3.48. The van der Waals surface area contributed by atoms with E-state index < -0.39 is 0 Å². The number of carbonyl (C=O) groups excluding carboxylic acids is 1. The molecule has 5 heteroatoms. The van der Waals surface area contributed by atoms with Gasteiger partial charge in [0.1, 0.15) is 0 Å². The summed E-state index contributed by atoms with van der Waals surface area (Å²) in [4.78, 5) is 14.5. The number of benzene rings is 1. The Kier molecular flexibility index (Phi) is 5.72. The van der Waals surface area contributed by atoms with Crippen LogP contribution >= 0.6 is 43.5 Å². The fraction of sp³-hybridized carbons (Fsp3) is 0.500. The lowest BCUT2D eigenvalue weighted by atomic mass is 9.95. The lowest BCUT2D eigenvalue weighted by Crippen LogP contribution is -2.40. The molecule has 0 aromatic heterocycles. The molecule has 0 saturated carbocycles. The summed E-state index contributed by atoms with van der Waals surface area (Å²) in [6, 6.07) is 5.70. The van der Waals surface area contributed by atoms with Crippen LogP contribution in [0.25, 0.3) is 0 Å². The monoisotopic (exact) mass is 407 g/mol. The first kappa shape index (κ1) is 15.3. The normalized spacial score (nSPS) is 19.5. The van der Waals surface area contributed by atoms with Crippen LogP contribution in [0.4, 0.5) is 0 Å². The van der Waals surface area contributed by atoms with Gasteiger partial charge < -0.3 is 4.90 Å². The highest BCUT2D eigenvalue weighted by Crippen LogP contribution is 2.26. The topological polar surface area (TPSA) is 20.3 Å². The molecule has 1 atom stereocenters. The van der Waals surface area contributed by atoms with Gasteiger partial charge in [-0.25, -0.2) is 0 Å². The Labute approximate surface area is 135 Å². The van der Waals surface area contributed by atoms with Crippen molar-refractivity contribution in [3.63, 3.8) is 0 Å². The van der Waals surface area contributed by atoms with Gasteiger partial charge in [-0.1, -0.05) is 15.9 Å². The molecule has 2 rings (SSSR count). The largest absolute Gasteiger partial charge is 0.338 e. The third-order valence-corrected chi connectivity index (χ3v) is 4.89. The summed E-state index contributed by atoms with van der Waals surface area (Å²) >= 11 is 12.7. The molecule has 1 aromatic rings. The maximum absolute atomic E-state index is 12.6. The zero-order chi connectivity index (χ0) is 13.8. The van der Waals surface area contributed by atoms with E-state index in [1.807, 2.05) is 23.1 Å². The van der Waals surface area contributed by atoms with Gasteiger partial charge in [-0.05, 0) is 59.3 Å². The van der Waals surface area contributed by atoms with Gasteiger partial charge in [0.25, 0.3) is 5.91 Å². The summed E-state index contributed by atoms with van der Waals surface area (Å²) in [6.45, 7) is 1.67. The van der Waals surface area contributed by atoms with Crippen LogP contribution < -0.4 is 0 Å². The number of hydrogen-bond donors (Lipinski definition) is 0. The Hall–Kier alpha value is -0.0600. The van der Waals surface area contributed by atoms with Crippen molar-refractivity contribution in [3.8, 4) is 0 Å². The van der Waals surface area contributed by atoms with E-state index in [4.69, 9.17) is 11.6 Å². The van der Waals surface area contributed by atoms with Gasteiger partial charge >= 0.3 is 0 Å². The van der Waals surface area contributed by atoms with Crippen molar-refractivity contribution in [1.29, 1.82) is 0 Å². The maximum atomic E-state index is 12.6. The maximum Gasteiger partial charge on any atom is 0.255 e. The predicted octanol–water partition coefficient (Wildman–Crippen LogP) is 4.69. The molecule has 0 bridgehead atoms. The summed E-state index contributed by atoms with van der Waals surface area (Å²) in [5, 5.41) is 0. The molecule has 1 saturated heterocycles. The summed E-state index contributed by atoms with van der Waals surface area (Å²) < 4.78 is 1.77. The summed E-state index contributed by atoms with van der Waals surface area (Å²) in [5.74, 6) is 1.32. The minimum Gasteiger partial charge on any atom is -0.338 e. The number of alkyl halides is 1. The second-order valence-electron chi connectivity index (χ2n) is 4.86. The van der Waals surface area contributed by atoms with E-state index in [2.05, 4.69) is 31.9 Å². The zero-order valence-electron chi connectivity index (χ0n) is 10.5. The van der Waals surface area contributed by atoms with Crippen LogP contribution in [-0.4, -0.2) is 29.8 Å². The molecule has 0 spiro atoms. The van der Waals surface area contributed by atoms with E-state index in [1.54, 1.807) is 0 Å². The van der Waals surface area contributed by atoms with Gasteiger partial charge in [0.05, 0.1) is 5.56 Å². The molecule has 0 N–H and O–H groups in total. The average Bonchev–Trinajstić information content (AvgIpc) is 2.41. The molecule has 1 aliphatic rings. The molecular weight excluding hydrogens is 393 g/mol. The lowest BCUT2D eigenvalue weighted by Gasteiger charge is -2.32. The van der Waals surface area contributed by atoms with Gasteiger partial charge in [0.15, 0.2) is 0 Å². The minimum absolute atomic E-state index is 0.104. The molecule has 0 aliphatic carbocycles. The number of nitrogens with zero attached hydrogens (tertiary/aromatic N) is 1. The first-order chi connectivity index (χ1) is 9.11. The predicted molar refractivity (Wildman–Crippen MR) is 85.8 cm³/mol. The van der Waals surface area contributed by atoms with E-state index >= 15 is 0 Å². The fourth-order valence-electron chi connectivity index (χ4n) is 2.47. The molecule has 1 fully saturated rings. The number of carbonyl (C=O) groups is 1. The molecule has 0 radical (unpaired) electrons. The average molecular weight is 410 g/mol. The first-order valence-corrected chi connectivity index (χ1v) is 8.54. The van der Waals surface area contributed by atoms with Crippen LogP contribution in [0.5, 0.6) is 0 Å². The molecule has 104 valence electrons. The van der Waals surface area contributed by atoms with E-state index in [9.17, 15) is 4.79 Å². The minimum atomic E-state index is 0.104. The summed E-state index contributed by atoms with van der Waals surface area (Å²) in [7, 11) is 0. The second-order valence-corrected chi connectivity index (χ2v) is 7.01. The Morgan fingerprint density at radius 2 is 2.21 bits per heavy atom. The van der Waals surface area contributed by atoms with Crippen LogP contribution in [0.3, 0.4) is 0 Å². The Morgan fingerprint density at radius 3 is 2.95 bits per heavy atom. The molecule has 1 aliphatic heterocycles. The Morgan fingerprint density at radius 1 is 1.42 bits per heavy atom. The Bertz CT molecular complexity index is 465. The number of hydrogen-bond acceptors (Lipinski definition) is 1. The SMILES string of the molecule is O=C(c1cc(Br)ccc1Br)N1CCCC(CCCl)C1. The van der Waals surface area contributed by atoms with Crippen molar-refractivity contribution in [1.82, 2.24) is 4.90 Å². The van der Waals surface area contributed by atoms with Gasteiger partial charge in [-0.3, -0.25) is 4.79 Å². The van der Waals surface area contributed by atoms with E-state index in [-0.39, 0.29) is 5.91 Å². The Balaban J connectivity index is 2.12. The van der Waals surface area contributed by atoms with Crippen molar-refractivity contribution in [2.24, 2.45) is 5.92 Å². The number of halogens is 3. The number of amides is 1. The zero-order valence-corrected chi connectivity index (χ0v) is 14.5. The molecular formula is C14H16Br2ClNO. The summed E-state index contributed by atoms with van der Waals surface area (Å²) in [6.07, 6.45) is 3.24. The van der Waals surface area contributed by atoms with Gasteiger partial charge in [0.2, 0.25) is 0 Å². The summed E-state index contributed by atoms with van der Waals surface area (Å²) in [5.41, 5.74) is 0.723. The highest BCUT2D eigenvalue weighted by molar-refractivity contribution is 9.11. The van der Waals surface area contributed by atoms with Gasteiger partial charge in [0, 0.05) is 27.9 Å². The molecule has 1 aromatic carbocycles. The van der Waals surface area contributed by atoms with Gasteiger partial charge in [-0.15, -0.1) is 11.6 Å². The fourth-order valence-corrected chi connectivity index (χ4v) is 3.56. The van der Waals surface area contributed by atoms with Crippen molar-refractivity contribution < 1.29 is 4.79 Å². The second kappa shape index (κ2) is 7.09. The van der Waals surface area contributed by atoms with Crippen LogP contribution in [0.1, 0.15) is 29.6 Å². The van der Waals surface area contributed by atoms with Crippen LogP contribution in [-0.2, 0) is 0 Å². The molecule has 2 nitrogen and oxygen atoms in total. The van der Waals surface area contributed by atoms with Crippen molar-refractivity contribution >= 4 is 49.4 Å². The molecule has 1 unspecified atom stereocenters. The molecule has 1 heterocycles. The van der Waals surface area contributed by atoms with E-state index in [0.29, 0.717) is 11.8 Å². The first-order valence-electron chi connectivity index (χ1n) is 6.42. The van der Waals surface area contributed by atoms with E-state index in [0.717, 1.165) is 40.4 Å². The molecule has 19 heavy (non-hydrogen) atoms. The van der Waals surface area contributed by atoms with Crippen LogP contribution in [0, 0.1) is 5.92 Å². The van der Waals surface area contributed by atoms with Crippen molar-refractivity contribution in [3.05, 3.63) is 32.7 Å². The lowest BCUT2D eigenvalue weighted by molar-refractivity contribution is 0.0670. The van der Waals surface area contributed by atoms with Crippen molar-refractivity contribution in [2.45, 2.75) is 19.3 Å². The van der Waals surface area contributed by atoms with Crippen molar-refractivity contribution in [2.75, 3.05) is 19.0 Å². The molecule has 1 amide bonds. The standard InChI is InChI=1S/C14H16Br2ClNO/c15-11-3-4-13(16)12(8-11)14(19)18-7-1-2-10(9-18)5-6-17/h3-4,8,10H,1-2,5-7,9H2. The third kappa shape index (κ3) is 3.96. The van der Waals surface area contributed by atoms with Gasteiger partial charge in [-0.2, -0.15) is 0 Å². The smallest absolute Gasteiger partial charge is 0.255 e. The van der Waals surface area contributed by atoms with Crippen LogP contribution in [0.2, 0.25) is 0 Å². The highest BCUT2D eigenvalue weighted by atomic mass is 79.9. The quantitative estimate of drug-likeness (QED) is 0.663.